The molecule has 0 aromatic carbocycles. The fourth-order valence-corrected chi connectivity index (χ4v) is 2.74. The lowest BCUT2D eigenvalue weighted by Gasteiger charge is -2.38. The van der Waals surface area contributed by atoms with Crippen LogP contribution in [0.5, 0.6) is 0 Å². The summed E-state index contributed by atoms with van der Waals surface area (Å²) < 4.78 is 5.22. The number of nitrogens with zero attached hydrogens (tertiary/aromatic N) is 1. The number of methoxy groups -OCH3 is 1. The molecule has 1 aliphatic rings. The molecule has 1 N–H and O–H groups in total. The van der Waals surface area contributed by atoms with E-state index in [1.807, 2.05) is 0 Å². The molecule has 1 fully saturated rings. The summed E-state index contributed by atoms with van der Waals surface area (Å²) in [6.45, 7) is 14.8. The van der Waals surface area contributed by atoms with E-state index in [9.17, 15) is 0 Å². The second-order valence-electron chi connectivity index (χ2n) is 6.84. The number of rotatable bonds is 4. The van der Waals surface area contributed by atoms with Gasteiger partial charge in [0.15, 0.2) is 0 Å². The fourth-order valence-electron chi connectivity index (χ4n) is 2.74. The summed E-state index contributed by atoms with van der Waals surface area (Å²) in [5, 5.41) is 3.72. The van der Waals surface area contributed by atoms with Crippen molar-refractivity contribution in [1.29, 1.82) is 0 Å². The molecule has 18 heavy (non-hydrogen) atoms. The molecule has 3 heteroatoms. The van der Waals surface area contributed by atoms with E-state index < -0.39 is 0 Å². The lowest BCUT2D eigenvalue weighted by atomic mass is 9.86. The van der Waals surface area contributed by atoms with Crippen molar-refractivity contribution in [1.82, 2.24) is 10.2 Å². The molecular weight excluding hydrogens is 224 g/mol. The highest BCUT2D eigenvalue weighted by molar-refractivity contribution is 4.89. The van der Waals surface area contributed by atoms with Crippen LogP contribution in [0.25, 0.3) is 0 Å². The Morgan fingerprint density at radius 1 is 1.39 bits per heavy atom. The van der Waals surface area contributed by atoms with Crippen molar-refractivity contribution in [3.63, 3.8) is 0 Å². The molecule has 0 bridgehead atoms. The molecule has 0 radical (unpaired) electrons. The monoisotopic (exact) mass is 256 g/mol. The maximum absolute atomic E-state index is 5.22. The molecule has 0 aromatic heterocycles. The molecule has 1 saturated heterocycles. The summed E-state index contributed by atoms with van der Waals surface area (Å²) in [5.74, 6) is 0. The minimum Gasteiger partial charge on any atom is -0.385 e. The third-order valence-corrected chi connectivity index (χ3v) is 4.26. The molecule has 3 nitrogen and oxygen atoms in total. The smallest absolute Gasteiger partial charge is 0.0477 e. The van der Waals surface area contributed by atoms with E-state index in [0.717, 1.165) is 26.1 Å². The van der Waals surface area contributed by atoms with Crippen LogP contribution in [0.3, 0.4) is 0 Å². The van der Waals surface area contributed by atoms with Gasteiger partial charge in [-0.25, -0.2) is 0 Å². The van der Waals surface area contributed by atoms with Gasteiger partial charge in [-0.3, -0.25) is 4.90 Å². The number of ether oxygens (including phenoxy) is 1. The first-order valence-electron chi connectivity index (χ1n) is 7.34. The molecular formula is C15H32N2O. The third kappa shape index (κ3) is 4.52. The van der Waals surface area contributed by atoms with E-state index in [1.54, 1.807) is 7.11 Å². The predicted molar refractivity (Wildman–Crippen MR) is 78.0 cm³/mol. The van der Waals surface area contributed by atoms with Crippen LogP contribution in [0.4, 0.5) is 0 Å². The first-order valence-corrected chi connectivity index (χ1v) is 7.34. The summed E-state index contributed by atoms with van der Waals surface area (Å²) in [6.07, 6.45) is 2.36. The van der Waals surface area contributed by atoms with Crippen molar-refractivity contribution >= 4 is 0 Å². The summed E-state index contributed by atoms with van der Waals surface area (Å²) in [6, 6.07) is 1.84. The molecule has 0 spiro atoms. The topological polar surface area (TPSA) is 24.5 Å². The summed E-state index contributed by atoms with van der Waals surface area (Å²) >= 11 is 0. The zero-order valence-corrected chi connectivity index (χ0v) is 13.1. The van der Waals surface area contributed by atoms with Gasteiger partial charge in [-0.1, -0.05) is 20.8 Å². The van der Waals surface area contributed by atoms with Crippen molar-refractivity contribution in [3.8, 4) is 0 Å². The third-order valence-electron chi connectivity index (χ3n) is 4.26. The van der Waals surface area contributed by atoms with Crippen LogP contribution < -0.4 is 5.32 Å². The molecule has 3 unspecified atom stereocenters. The Morgan fingerprint density at radius 2 is 2.06 bits per heavy atom. The van der Waals surface area contributed by atoms with Crippen LogP contribution in [0.2, 0.25) is 0 Å². The minimum atomic E-state index is 0.323. The van der Waals surface area contributed by atoms with Crippen molar-refractivity contribution in [2.45, 2.75) is 65.6 Å². The van der Waals surface area contributed by atoms with Crippen LogP contribution >= 0.6 is 0 Å². The normalized spacial score (nSPS) is 29.0. The molecule has 0 aromatic rings. The highest BCUT2D eigenvalue weighted by Gasteiger charge is 2.32. The minimum absolute atomic E-state index is 0.323. The number of hydrogen-bond acceptors (Lipinski definition) is 3. The van der Waals surface area contributed by atoms with Gasteiger partial charge in [0.1, 0.15) is 0 Å². The second kappa shape index (κ2) is 6.88. The highest BCUT2D eigenvalue weighted by atomic mass is 16.5. The molecule has 0 amide bonds. The Kier molecular flexibility index (Phi) is 6.09. The van der Waals surface area contributed by atoms with Gasteiger partial charge in [-0.2, -0.15) is 0 Å². The SMILES string of the molecule is COCCC(C)N1CC(C(C)(C)C)NCCC1C. The maximum Gasteiger partial charge on any atom is 0.0477 e. The lowest BCUT2D eigenvalue weighted by molar-refractivity contribution is 0.0945. The first kappa shape index (κ1) is 15.9. The number of nitrogens with one attached hydrogen (secondary N) is 1. The average Bonchev–Trinajstić information content (AvgIpc) is 2.47. The molecule has 108 valence electrons. The molecule has 1 rings (SSSR count). The average molecular weight is 256 g/mol. The Labute approximate surface area is 113 Å². The van der Waals surface area contributed by atoms with Crippen molar-refractivity contribution < 1.29 is 4.74 Å². The van der Waals surface area contributed by atoms with Crippen molar-refractivity contribution in [3.05, 3.63) is 0 Å². The van der Waals surface area contributed by atoms with Gasteiger partial charge in [0.05, 0.1) is 0 Å². The van der Waals surface area contributed by atoms with Crippen LogP contribution in [0, 0.1) is 5.41 Å². The van der Waals surface area contributed by atoms with Crippen LogP contribution in [0.1, 0.15) is 47.5 Å². The molecule has 3 atom stereocenters. The van der Waals surface area contributed by atoms with E-state index in [0.29, 0.717) is 23.5 Å². The Bertz CT molecular complexity index is 237. The molecule has 1 heterocycles. The largest absolute Gasteiger partial charge is 0.385 e. The Hall–Kier alpha value is -0.120. The van der Waals surface area contributed by atoms with E-state index in [4.69, 9.17) is 4.74 Å². The fraction of sp³-hybridized carbons (Fsp3) is 1.00. The standard InChI is InChI=1S/C15H32N2O/c1-12-7-9-16-14(15(3,4)5)11-17(12)13(2)8-10-18-6/h12-14,16H,7-11H2,1-6H3. The first-order chi connectivity index (χ1) is 8.36. The maximum atomic E-state index is 5.22. The van der Waals surface area contributed by atoms with E-state index in [1.165, 1.54) is 6.42 Å². The van der Waals surface area contributed by atoms with Gasteiger partial charge in [-0.05, 0) is 38.6 Å². The van der Waals surface area contributed by atoms with E-state index in [2.05, 4.69) is 44.8 Å². The highest BCUT2D eigenvalue weighted by Crippen LogP contribution is 2.25. The summed E-state index contributed by atoms with van der Waals surface area (Å²) in [5.41, 5.74) is 0.323. The van der Waals surface area contributed by atoms with Gasteiger partial charge in [0.2, 0.25) is 0 Å². The van der Waals surface area contributed by atoms with E-state index >= 15 is 0 Å². The van der Waals surface area contributed by atoms with Gasteiger partial charge < -0.3 is 10.1 Å². The summed E-state index contributed by atoms with van der Waals surface area (Å²) in [7, 11) is 1.79. The zero-order chi connectivity index (χ0) is 13.8. The Morgan fingerprint density at radius 3 is 2.61 bits per heavy atom. The van der Waals surface area contributed by atoms with Crippen LogP contribution in [-0.4, -0.2) is 49.8 Å². The lowest BCUT2D eigenvalue weighted by Crippen LogP contribution is -2.49. The van der Waals surface area contributed by atoms with Gasteiger partial charge in [0.25, 0.3) is 0 Å². The molecule has 0 saturated carbocycles. The molecule has 0 aliphatic carbocycles. The van der Waals surface area contributed by atoms with Gasteiger partial charge >= 0.3 is 0 Å². The quantitative estimate of drug-likeness (QED) is 0.836. The Balaban J connectivity index is 2.67. The van der Waals surface area contributed by atoms with Crippen molar-refractivity contribution in [2.75, 3.05) is 26.8 Å². The van der Waals surface area contributed by atoms with E-state index in [-0.39, 0.29) is 0 Å². The van der Waals surface area contributed by atoms with Crippen LogP contribution in [0.15, 0.2) is 0 Å². The number of hydrogen-bond donors (Lipinski definition) is 1. The van der Waals surface area contributed by atoms with Crippen molar-refractivity contribution in [2.24, 2.45) is 5.41 Å². The van der Waals surface area contributed by atoms with Gasteiger partial charge in [0, 0.05) is 38.4 Å². The zero-order valence-electron chi connectivity index (χ0n) is 13.1. The van der Waals surface area contributed by atoms with Crippen LogP contribution in [-0.2, 0) is 4.74 Å². The van der Waals surface area contributed by atoms with Gasteiger partial charge in [-0.15, -0.1) is 0 Å². The summed E-state index contributed by atoms with van der Waals surface area (Å²) in [4.78, 5) is 2.66. The second-order valence-corrected chi connectivity index (χ2v) is 6.84. The molecule has 1 aliphatic heterocycles. The predicted octanol–water partition coefficient (Wildman–Crippen LogP) is 2.51.